The zero-order valence-corrected chi connectivity index (χ0v) is 13.9. The normalized spacial score (nSPS) is 12.8. The van der Waals surface area contributed by atoms with Crippen molar-refractivity contribution in [2.45, 2.75) is 20.0 Å². The Balaban J connectivity index is 0.000000486. The molecular formula is C15H27N3O2S. The van der Waals surface area contributed by atoms with Crippen LogP contribution in [0.2, 0.25) is 0 Å². The van der Waals surface area contributed by atoms with Crippen LogP contribution in [0.4, 0.5) is 0 Å². The van der Waals surface area contributed by atoms with Crippen molar-refractivity contribution >= 4 is 18.2 Å². The minimum atomic E-state index is -0.277. The van der Waals surface area contributed by atoms with Crippen LogP contribution in [-0.2, 0) is 4.74 Å². The second kappa shape index (κ2) is 13.9. The molecule has 0 aliphatic heterocycles. The molecule has 0 amide bonds. The van der Waals surface area contributed by atoms with E-state index in [1.165, 1.54) is 5.75 Å². The maximum absolute atomic E-state index is 9.02. The summed E-state index contributed by atoms with van der Waals surface area (Å²) in [5, 5.41) is 19.2. The molecule has 1 rings (SSSR count). The van der Waals surface area contributed by atoms with E-state index in [0.717, 1.165) is 25.1 Å². The fourth-order valence-corrected chi connectivity index (χ4v) is 1.96. The van der Waals surface area contributed by atoms with Crippen molar-refractivity contribution in [1.82, 2.24) is 10.3 Å². The maximum atomic E-state index is 9.02. The van der Waals surface area contributed by atoms with E-state index in [2.05, 4.69) is 23.5 Å². The topological polar surface area (TPSA) is 78.2 Å². The van der Waals surface area contributed by atoms with Gasteiger partial charge < -0.3 is 15.2 Å². The molecule has 0 saturated heterocycles. The summed E-state index contributed by atoms with van der Waals surface area (Å²) in [5.74, 6) is 1.19. The molecule has 2 atom stereocenters. The number of aromatic nitrogens is 1. The first-order chi connectivity index (χ1) is 10.2. The van der Waals surface area contributed by atoms with Crippen molar-refractivity contribution < 1.29 is 9.84 Å². The molecule has 0 bridgehead atoms. The molecule has 1 aromatic rings. The lowest BCUT2D eigenvalue weighted by molar-refractivity contribution is 0.0927. The van der Waals surface area contributed by atoms with Gasteiger partial charge in [0.15, 0.2) is 6.40 Å². The van der Waals surface area contributed by atoms with Gasteiger partial charge in [0.05, 0.1) is 0 Å². The molecule has 1 aromatic heterocycles. The van der Waals surface area contributed by atoms with Crippen LogP contribution in [0.1, 0.15) is 25.5 Å². The molecule has 3 N–H and O–H groups in total. The molecular weight excluding hydrogens is 286 g/mol. The lowest BCUT2D eigenvalue weighted by Gasteiger charge is -2.21. The van der Waals surface area contributed by atoms with Gasteiger partial charge in [-0.3, -0.25) is 10.4 Å². The Hall–Kier alpha value is -1.11. The molecule has 1 heterocycles. The summed E-state index contributed by atoms with van der Waals surface area (Å²) in [4.78, 5) is 3.90. The quantitative estimate of drug-likeness (QED) is 0.370. The number of pyridine rings is 1. The van der Waals surface area contributed by atoms with E-state index >= 15 is 0 Å². The van der Waals surface area contributed by atoms with Gasteiger partial charge in [-0.25, -0.2) is 0 Å². The summed E-state index contributed by atoms with van der Waals surface area (Å²) < 4.78 is 5.13. The Morgan fingerprint density at radius 1 is 1.48 bits per heavy atom. The minimum Gasteiger partial charge on any atom is -0.475 e. The van der Waals surface area contributed by atoms with E-state index in [0.29, 0.717) is 0 Å². The lowest BCUT2D eigenvalue weighted by Crippen LogP contribution is -2.16. The number of thioether (sulfide) groups is 1. The van der Waals surface area contributed by atoms with Crippen molar-refractivity contribution in [1.29, 1.82) is 5.41 Å². The highest BCUT2D eigenvalue weighted by Crippen LogP contribution is 2.24. The SMILES string of the molecule is CCNCCSC.C[C@H](CO)[C@H](OC=N)c1ccncc1. The lowest BCUT2D eigenvalue weighted by atomic mass is 9.99. The molecule has 21 heavy (non-hydrogen) atoms. The van der Waals surface area contributed by atoms with Crippen molar-refractivity contribution in [2.75, 3.05) is 31.7 Å². The van der Waals surface area contributed by atoms with Gasteiger partial charge in [0.2, 0.25) is 0 Å². The Labute approximate surface area is 132 Å². The number of hydrogen-bond acceptors (Lipinski definition) is 6. The average molecular weight is 313 g/mol. The van der Waals surface area contributed by atoms with Gasteiger partial charge >= 0.3 is 0 Å². The molecule has 0 fully saturated rings. The molecule has 0 aliphatic carbocycles. The van der Waals surface area contributed by atoms with Crippen LogP contribution < -0.4 is 5.32 Å². The molecule has 0 radical (unpaired) electrons. The van der Waals surface area contributed by atoms with Crippen LogP contribution in [-0.4, -0.2) is 48.2 Å². The summed E-state index contributed by atoms with van der Waals surface area (Å²) >= 11 is 1.88. The highest BCUT2D eigenvalue weighted by Gasteiger charge is 2.19. The first kappa shape index (κ1) is 19.9. The molecule has 0 aromatic carbocycles. The van der Waals surface area contributed by atoms with Gasteiger partial charge in [-0.05, 0) is 30.5 Å². The Bertz CT molecular complexity index is 348. The largest absolute Gasteiger partial charge is 0.475 e. The highest BCUT2D eigenvalue weighted by atomic mass is 32.2. The molecule has 6 heteroatoms. The first-order valence-electron chi connectivity index (χ1n) is 7.06. The summed E-state index contributed by atoms with van der Waals surface area (Å²) in [6.07, 6.45) is 6.08. The smallest absolute Gasteiger partial charge is 0.167 e. The molecule has 0 spiro atoms. The van der Waals surface area contributed by atoms with Gasteiger partial charge in [-0.2, -0.15) is 11.8 Å². The van der Waals surface area contributed by atoms with Crippen LogP contribution in [0.5, 0.6) is 0 Å². The van der Waals surface area contributed by atoms with E-state index in [4.69, 9.17) is 15.3 Å². The number of hydrogen-bond donors (Lipinski definition) is 3. The van der Waals surface area contributed by atoms with Gasteiger partial charge in [-0.15, -0.1) is 0 Å². The van der Waals surface area contributed by atoms with Gasteiger partial charge in [0.1, 0.15) is 6.10 Å². The first-order valence-corrected chi connectivity index (χ1v) is 8.45. The van der Waals surface area contributed by atoms with Gasteiger partial charge in [0.25, 0.3) is 0 Å². The summed E-state index contributed by atoms with van der Waals surface area (Å²) in [7, 11) is 0. The predicted molar refractivity (Wildman–Crippen MR) is 90.0 cm³/mol. The Morgan fingerprint density at radius 2 is 2.14 bits per heavy atom. The third kappa shape index (κ3) is 9.44. The number of nitrogens with zero attached hydrogens (tertiary/aromatic N) is 1. The van der Waals surface area contributed by atoms with Crippen LogP contribution in [0.3, 0.4) is 0 Å². The number of ether oxygens (including phenoxy) is 1. The molecule has 0 saturated carbocycles. The number of aliphatic hydroxyl groups excluding tert-OH is 1. The molecule has 0 unspecified atom stereocenters. The van der Waals surface area contributed by atoms with Crippen LogP contribution >= 0.6 is 11.8 Å². The van der Waals surface area contributed by atoms with Gasteiger partial charge in [-0.1, -0.05) is 13.8 Å². The zero-order valence-electron chi connectivity index (χ0n) is 13.1. The average Bonchev–Trinajstić information content (AvgIpc) is 2.54. The number of aliphatic hydroxyl groups is 1. The summed E-state index contributed by atoms with van der Waals surface area (Å²) in [5.41, 5.74) is 0.921. The summed E-state index contributed by atoms with van der Waals surface area (Å²) in [6, 6.07) is 3.64. The molecule has 0 aliphatic rings. The van der Waals surface area contributed by atoms with Crippen molar-refractivity contribution in [3.8, 4) is 0 Å². The van der Waals surface area contributed by atoms with E-state index < -0.39 is 0 Å². The Morgan fingerprint density at radius 3 is 2.62 bits per heavy atom. The second-order valence-electron chi connectivity index (χ2n) is 4.46. The minimum absolute atomic E-state index is 0.0286. The predicted octanol–water partition coefficient (Wildman–Crippen LogP) is 2.33. The molecule has 5 nitrogen and oxygen atoms in total. The zero-order chi connectivity index (χ0) is 15.9. The van der Waals surface area contributed by atoms with Crippen molar-refractivity contribution in [3.05, 3.63) is 30.1 Å². The third-order valence-corrected chi connectivity index (χ3v) is 3.40. The molecule has 120 valence electrons. The standard InChI is InChI=1S/C10H14N2O2.C5H13NS/c1-8(6-13)10(14-7-11)9-2-4-12-5-3-9;1-3-6-4-5-7-2/h2-5,7-8,10-11,13H,6H2,1H3;6H,3-5H2,1-2H3/t8-,10+;/m1./s1. The van der Waals surface area contributed by atoms with Crippen molar-refractivity contribution in [3.63, 3.8) is 0 Å². The number of rotatable bonds is 9. The third-order valence-electron chi connectivity index (χ3n) is 2.79. The van der Waals surface area contributed by atoms with E-state index in [9.17, 15) is 0 Å². The number of nitrogens with one attached hydrogen (secondary N) is 2. The summed E-state index contributed by atoms with van der Waals surface area (Å²) in [6.45, 7) is 6.27. The highest BCUT2D eigenvalue weighted by molar-refractivity contribution is 7.98. The second-order valence-corrected chi connectivity index (χ2v) is 5.45. The van der Waals surface area contributed by atoms with Crippen LogP contribution in [0.15, 0.2) is 24.5 Å². The monoisotopic (exact) mass is 313 g/mol. The van der Waals surface area contributed by atoms with Crippen LogP contribution in [0.25, 0.3) is 0 Å². The fraction of sp³-hybridized carbons (Fsp3) is 0.600. The van der Waals surface area contributed by atoms with Gasteiger partial charge in [0, 0.05) is 37.2 Å². The van der Waals surface area contributed by atoms with E-state index in [-0.39, 0.29) is 18.6 Å². The Kier molecular flexibility index (Phi) is 13.1. The van der Waals surface area contributed by atoms with E-state index in [1.54, 1.807) is 12.4 Å². The van der Waals surface area contributed by atoms with Crippen LogP contribution in [0, 0.1) is 11.3 Å². The fourth-order valence-electron chi connectivity index (χ4n) is 1.61. The van der Waals surface area contributed by atoms with Crippen molar-refractivity contribution in [2.24, 2.45) is 5.92 Å². The maximum Gasteiger partial charge on any atom is 0.167 e. The van der Waals surface area contributed by atoms with E-state index in [1.807, 2.05) is 30.8 Å².